The fourth-order valence-corrected chi connectivity index (χ4v) is 7.97. The maximum Gasteiger partial charge on any atom is 0.407 e. The van der Waals surface area contributed by atoms with Crippen molar-refractivity contribution < 1.29 is 27.1 Å². The first-order chi connectivity index (χ1) is 21.4. The molecule has 1 aliphatic heterocycles. The van der Waals surface area contributed by atoms with E-state index in [9.17, 15) is 18.0 Å². The van der Waals surface area contributed by atoms with Crippen LogP contribution in [0, 0.1) is 11.7 Å². The number of methoxy groups -OCH3 is 1. The highest BCUT2D eigenvalue weighted by molar-refractivity contribution is 7.89. The smallest absolute Gasteiger partial charge is 0.407 e. The van der Waals surface area contributed by atoms with Gasteiger partial charge in [-0.1, -0.05) is 61.8 Å². The van der Waals surface area contributed by atoms with E-state index >= 15 is 4.39 Å². The van der Waals surface area contributed by atoms with E-state index < -0.39 is 45.8 Å². The molecule has 3 aromatic rings. The Balaban J connectivity index is 1.60. The van der Waals surface area contributed by atoms with Gasteiger partial charge in [-0.25, -0.2) is 17.6 Å². The molecule has 1 fully saturated rings. The van der Waals surface area contributed by atoms with Crippen molar-refractivity contribution in [1.82, 2.24) is 14.9 Å². The van der Waals surface area contributed by atoms with Gasteiger partial charge in [-0.15, -0.1) is 0 Å². The summed E-state index contributed by atoms with van der Waals surface area (Å²) in [4.78, 5) is 26.5. The quantitative estimate of drug-likeness (QED) is 0.248. The molecular formula is C33H40ClFN4O5S. The van der Waals surface area contributed by atoms with E-state index in [1.54, 1.807) is 60.7 Å². The zero-order valence-electron chi connectivity index (χ0n) is 25.8. The zero-order chi connectivity index (χ0) is 32.7. The third kappa shape index (κ3) is 8.21. The molecule has 4 rings (SSSR count). The van der Waals surface area contributed by atoms with E-state index in [1.807, 2.05) is 20.8 Å². The number of hydrogen-bond donors (Lipinski definition) is 3. The number of benzene rings is 3. The van der Waals surface area contributed by atoms with Crippen LogP contribution in [0.2, 0.25) is 5.02 Å². The first-order valence-electron chi connectivity index (χ1n) is 14.9. The minimum Gasteiger partial charge on any atom is -0.453 e. The van der Waals surface area contributed by atoms with Gasteiger partial charge in [0.1, 0.15) is 11.9 Å². The standard InChI is InChI=1S/C33H40ClFN4O5S/c1-21(2)30(23-13-15-24(34)16-14-23)31(38-33(41)44-4)32(40)37-29-12-8-11-28(35)27(29)18-17-25-20-36-19-22(3)39(25)45(42,43)26-9-6-5-7-10-26/h5-16,21-22,25,30-31,36H,17-20H2,1-4H3,(H,37,40)(H,38,41)/t22-,25-,30?,31-/m0/s1. The molecule has 242 valence electrons. The molecule has 2 amide bonds. The van der Waals surface area contributed by atoms with Crippen molar-refractivity contribution in [2.24, 2.45) is 5.92 Å². The van der Waals surface area contributed by atoms with Crippen LogP contribution in [0.5, 0.6) is 0 Å². The third-order valence-electron chi connectivity index (χ3n) is 8.11. The van der Waals surface area contributed by atoms with Gasteiger partial charge in [0, 0.05) is 47.4 Å². The highest BCUT2D eigenvalue weighted by atomic mass is 35.5. The fraction of sp³-hybridized carbons (Fsp3) is 0.394. The minimum atomic E-state index is -3.81. The number of piperazine rings is 1. The maximum absolute atomic E-state index is 15.4. The van der Waals surface area contributed by atoms with Crippen LogP contribution in [0.4, 0.5) is 14.9 Å². The van der Waals surface area contributed by atoms with Crippen LogP contribution in [0.15, 0.2) is 77.7 Å². The fourth-order valence-electron chi connectivity index (χ4n) is 5.98. The lowest BCUT2D eigenvalue weighted by Gasteiger charge is -2.40. The van der Waals surface area contributed by atoms with Crippen LogP contribution in [0.1, 0.15) is 44.2 Å². The zero-order valence-corrected chi connectivity index (χ0v) is 27.4. The number of halogens is 2. The number of hydrogen-bond acceptors (Lipinski definition) is 6. The second kappa shape index (κ2) is 15.2. The van der Waals surface area contributed by atoms with E-state index in [1.165, 1.54) is 23.5 Å². The third-order valence-corrected chi connectivity index (χ3v) is 10.4. The number of nitrogens with one attached hydrogen (secondary N) is 3. The average Bonchev–Trinajstić information content (AvgIpc) is 3.01. The van der Waals surface area contributed by atoms with Crippen LogP contribution < -0.4 is 16.0 Å². The summed E-state index contributed by atoms with van der Waals surface area (Å²) in [5.74, 6) is -1.64. The lowest BCUT2D eigenvalue weighted by atomic mass is 9.82. The van der Waals surface area contributed by atoms with Crippen molar-refractivity contribution in [3.05, 3.63) is 94.8 Å². The van der Waals surface area contributed by atoms with Crippen LogP contribution >= 0.6 is 11.6 Å². The monoisotopic (exact) mass is 658 g/mol. The van der Waals surface area contributed by atoms with Crippen LogP contribution in [0.3, 0.4) is 0 Å². The van der Waals surface area contributed by atoms with Gasteiger partial charge < -0.3 is 20.7 Å². The molecule has 0 radical (unpaired) electrons. The number of carbonyl (C=O) groups excluding carboxylic acids is 2. The highest BCUT2D eigenvalue weighted by Crippen LogP contribution is 2.32. The van der Waals surface area contributed by atoms with Gasteiger partial charge in [0.2, 0.25) is 15.9 Å². The Morgan fingerprint density at radius 3 is 2.38 bits per heavy atom. The average molecular weight is 659 g/mol. The minimum absolute atomic E-state index is 0.0931. The second-order valence-corrected chi connectivity index (χ2v) is 13.8. The maximum atomic E-state index is 15.4. The number of nitrogens with zero attached hydrogens (tertiary/aromatic N) is 1. The van der Waals surface area contributed by atoms with E-state index in [4.69, 9.17) is 16.3 Å². The van der Waals surface area contributed by atoms with Crippen molar-refractivity contribution in [3.63, 3.8) is 0 Å². The van der Waals surface area contributed by atoms with Crippen molar-refractivity contribution >= 4 is 39.3 Å². The molecule has 1 heterocycles. The molecule has 45 heavy (non-hydrogen) atoms. The second-order valence-electron chi connectivity index (χ2n) is 11.5. The molecule has 0 saturated carbocycles. The normalized spacial score (nSPS) is 18.6. The highest BCUT2D eigenvalue weighted by Gasteiger charge is 2.38. The Morgan fingerprint density at radius 1 is 1.04 bits per heavy atom. The predicted octanol–water partition coefficient (Wildman–Crippen LogP) is 5.57. The molecule has 1 unspecified atom stereocenters. The summed E-state index contributed by atoms with van der Waals surface area (Å²) in [7, 11) is -2.59. The van der Waals surface area contributed by atoms with Gasteiger partial charge in [0.15, 0.2) is 0 Å². The largest absolute Gasteiger partial charge is 0.453 e. The molecule has 3 aromatic carbocycles. The molecule has 0 spiro atoms. The van der Waals surface area contributed by atoms with Crippen LogP contribution in [-0.2, 0) is 26.0 Å². The molecule has 0 bridgehead atoms. The number of rotatable bonds is 11. The number of amides is 2. The summed E-state index contributed by atoms with van der Waals surface area (Å²) in [6, 6.07) is 17.8. The van der Waals surface area contributed by atoms with E-state index in [0.717, 1.165) is 5.56 Å². The predicted molar refractivity (Wildman–Crippen MR) is 173 cm³/mol. The van der Waals surface area contributed by atoms with Gasteiger partial charge in [-0.3, -0.25) is 4.79 Å². The number of sulfonamides is 1. The molecule has 1 saturated heterocycles. The van der Waals surface area contributed by atoms with Crippen molar-refractivity contribution in [1.29, 1.82) is 0 Å². The van der Waals surface area contributed by atoms with E-state index in [0.29, 0.717) is 24.5 Å². The Morgan fingerprint density at radius 2 is 1.73 bits per heavy atom. The van der Waals surface area contributed by atoms with Crippen molar-refractivity contribution in [2.75, 3.05) is 25.5 Å². The molecule has 3 N–H and O–H groups in total. The molecule has 1 aliphatic rings. The van der Waals surface area contributed by atoms with E-state index in [2.05, 4.69) is 16.0 Å². The lowest BCUT2D eigenvalue weighted by Crippen LogP contribution is -2.58. The summed E-state index contributed by atoms with van der Waals surface area (Å²) < 4.78 is 49.0. The van der Waals surface area contributed by atoms with Crippen LogP contribution in [-0.4, -0.2) is 63.0 Å². The molecule has 0 aromatic heterocycles. The molecular weight excluding hydrogens is 619 g/mol. The Labute approximate surface area is 269 Å². The molecule has 12 heteroatoms. The van der Waals surface area contributed by atoms with Crippen molar-refractivity contribution in [2.45, 2.75) is 62.6 Å². The summed E-state index contributed by atoms with van der Waals surface area (Å²) in [6.45, 7) is 6.59. The summed E-state index contributed by atoms with van der Waals surface area (Å²) in [5.41, 5.74) is 1.26. The SMILES string of the molecule is COC(=O)N[C@H](C(=O)Nc1cccc(F)c1CC[C@H]1CNC[C@H](C)N1S(=O)(=O)c1ccccc1)C(c1ccc(Cl)cc1)C(C)C. The Bertz CT molecular complexity index is 1570. The molecule has 9 nitrogen and oxygen atoms in total. The Kier molecular flexibility index (Phi) is 11.6. The number of carbonyl (C=O) groups is 2. The number of ether oxygens (including phenoxy) is 1. The summed E-state index contributed by atoms with van der Waals surface area (Å²) >= 11 is 6.10. The Hall–Kier alpha value is -3.51. The number of anilines is 1. The van der Waals surface area contributed by atoms with Gasteiger partial charge >= 0.3 is 6.09 Å². The number of alkyl carbamates (subject to hydrolysis) is 1. The molecule has 4 atom stereocenters. The topological polar surface area (TPSA) is 117 Å². The summed E-state index contributed by atoms with van der Waals surface area (Å²) in [6.07, 6.45) is -0.328. The van der Waals surface area contributed by atoms with Gasteiger partial charge in [0.25, 0.3) is 0 Å². The van der Waals surface area contributed by atoms with Gasteiger partial charge in [0.05, 0.1) is 12.0 Å². The first-order valence-corrected chi connectivity index (χ1v) is 16.7. The van der Waals surface area contributed by atoms with Gasteiger partial charge in [-0.05, 0) is 67.6 Å². The molecule has 0 aliphatic carbocycles. The van der Waals surface area contributed by atoms with Crippen molar-refractivity contribution in [3.8, 4) is 0 Å². The van der Waals surface area contributed by atoms with Gasteiger partial charge in [-0.2, -0.15) is 4.31 Å². The first kappa shape index (κ1) is 34.4. The lowest BCUT2D eigenvalue weighted by molar-refractivity contribution is -0.118. The van der Waals surface area contributed by atoms with Crippen LogP contribution in [0.25, 0.3) is 0 Å². The summed E-state index contributed by atoms with van der Waals surface area (Å²) in [5, 5.41) is 9.32. The van der Waals surface area contributed by atoms with E-state index in [-0.39, 0.29) is 34.5 Å².